The van der Waals surface area contributed by atoms with Crippen LogP contribution in [0.2, 0.25) is 0 Å². The fourth-order valence-corrected chi connectivity index (χ4v) is 8.81. The zero-order chi connectivity index (χ0) is 44.0. The number of hydrogen-bond acceptors (Lipinski definition) is 4. The Bertz CT molecular complexity index is 3710. The summed E-state index contributed by atoms with van der Waals surface area (Å²) in [5.74, 6) is 1.40. The first-order chi connectivity index (χ1) is 31.1. The largest absolute Gasteiger partial charge is 0.309 e. The molecule has 0 fully saturated rings. The van der Waals surface area contributed by atoms with Crippen LogP contribution in [-0.4, -0.2) is 19.5 Å². The molecule has 0 saturated carbocycles. The van der Waals surface area contributed by atoms with Crippen LogP contribution in [0.3, 0.4) is 0 Å². The van der Waals surface area contributed by atoms with Crippen molar-refractivity contribution in [3.8, 4) is 62.1 Å². The van der Waals surface area contributed by atoms with E-state index in [-0.39, 0.29) is 47.9 Å². The van der Waals surface area contributed by atoms with E-state index in [2.05, 4.69) is 18.2 Å². The van der Waals surface area contributed by atoms with Gasteiger partial charge < -0.3 is 4.57 Å². The van der Waals surface area contributed by atoms with Gasteiger partial charge in [-0.3, -0.25) is 0 Å². The van der Waals surface area contributed by atoms with Crippen LogP contribution in [-0.2, 0) is 0 Å². The Labute approximate surface area is 338 Å². The molecular formula is C51H32N4S. The van der Waals surface area contributed by atoms with Gasteiger partial charge in [0.2, 0.25) is 0 Å². The van der Waals surface area contributed by atoms with Gasteiger partial charge in [0.25, 0.3) is 0 Å². The van der Waals surface area contributed by atoms with Gasteiger partial charge in [-0.05, 0) is 64.7 Å². The van der Waals surface area contributed by atoms with Crippen molar-refractivity contribution >= 4 is 53.3 Å². The standard InChI is InChI=1S/C51H32N4S/c1-3-15-33(16-4-1)35-29-30-47-43(32-35)41-25-14-24-38(48(41)56-47)36-19-13-20-37(31-36)50-52-49(34-17-5-2-6-18-34)53-51(54-50)42-23-9-12-28-46(42)55-44-26-10-7-21-39(44)40-22-8-11-27-45(40)55/h1-32H/i1D,3D,4D,7D,10D,15D,16D,21D. The number of para-hydroxylation sites is 3. The van der Waals surface area contributed by atoms with Crippen LogP contribution in [0.15, 0.2) is 194 Å². The summed E-state index contributed by atoms with van der Waals surface area (Å²) in [5, 5.41) is 3.33. The SMILES string of the molecule is [2H]c1cc2c(c([2H])c1[2H])c1ccccc1n2-c1ccccc1-c1nc(-c2ccccc2)nc(-c2cccc(-c3cccc4c3sc3ccc(-c5c([2H])c([2H])c([2H])c([2H])c5[2H])cc34)c2)n1. The molecule has 11 rings (SSSR count). The lowest BCUT2D eigenvalue weighted by atomic mass is 9.99. The molecule has 5 heteroatoms. The first-order valence-corrected chi connectivity index (χ1v) is 18.9. The minimum Gasteiger partial charge on any atom is -0.309 e. The smallest absolute Gasteiger partial charge is 0.166 e. The van der Waals surface area contributed by atoms with Crippen LogP contribution in [0.1, 0.15) is 11.0 Å². The second-order valence-corrected chi connectivity index (χ2v) is 14.5. The average molecular weight is 741 g/mol. The lowest BCUT2D eigenvalue weighted by Gasteiger charge is -2.14. The molecule has 11 aromatic rings. The van der Waals surface area contributed by atoms with Gasteiger partial charge >= 0.3 is 0 Å². The molecule has 8 aromatic carbocycles. The zero-order valence-electron chi connectivity index (χ0n) is 37.6. The molecular weight excluding hydrogens is 701 g/mol. The minimum absolute atomic E-state index is 0.00747. The summed E-state index contributed by atoms with van der Waals surface area (Å²) >= 11 is 1.63. The van der Waals surface area contributed by atoms with Crippen LogP contribution in [0.25, 0.3) is 104 Å². The molecule has 4 nitrogen and oxygen atoms in total. The summed E-state index contributed by atoms with van der Waals surface area (Å²) in [6.07, 6.45) is 0. The van der Waals surface area contributed by atoms with E-state index in [1.54, 1.807) is 17.4 Å². The Hall–Kier alpha value is -7.21. The normalized spacial score (nSPS) is 13.6. The van der Waals surface area contributed by atoms with Gasteiger partial charge in [-0.1, -0.05) is 151 Å². The predicted molar refractivity (Wildman–Crippen MR) is 234 cm³/mol. The quantitative estimate of drug-likeness (QED) is 0.170. The molecule has 3 heterocycles. The van der Waals surface area contributed by atoms with E-state index in [1.165, 1.54) is 0 Å². The summed E-state index contributed by atoms with van der Waals surface area (Å²) in [6, 6.07) is 45.2. The van der Waals surface area contributed by atoms with Gasteiger partial charge in [-0.25, -0.2) is 15.0 Å². The Kier molecular flexibility index (Phi) is 5.92. The van der Waals surface area contributed by atoms with Gasteiger partial charge in [-0.2, -0.15) is 0 Å². The number of rotatable bonds is 6. The first-order valence-electron chi connectivity index (χ1n) is 22.1. The molecule has 262 valence electrons. The Morgan fingerprint density at radius 1 is 0.411 bits per heavy atom. The first kappa shape index (κ1) is 25.0. The van der Waals surface area contributed by atoms with Crippen molar-refractivity contribution in [2.45, 2.75) is 0 Å². The van der Waals surface area contributed by atoms with Crippen molar-refractivity contribution in [3.63, 3.8) is 0 Å². The maximum Gasteiger partial charge on any atom is 0.166 e. The number of benzene rings is 8. The number of hydrogen-bond donors (Lipinski definition) is 0. The molecule has 0 saturated heterocycles. The number of aromatic nitrogens is 4. The lowest BCUT2D eigenvalue weighted by Crippen LogP contribution is -2.03. The fourth-order valence-electron chi connectivity index (χ4n) is 7.59. The summed E-state index contributed by atoms with van der Waals surface area (Å²) in [6.45, 7) is 0. The number of fused-ring (bicyclic) bond motifs is 6. The Morgan fingerprint density at radius 3 is 2.00 bits per heavy atom. The van der Waals surface area contributed by atoms with E-state index in [4.69, 9.17) is 25.9 Å². The van der Waals surface area contributed by atoms with Crippen LogP contribution in [0.4, 0.5) is 0 Å². The van der Waals surface area contributed by atoms with Gasteiger partial charge in [0.15, 0.2) is 17.5 Å². The molecule has 0 aliphatic rings. The van der Waals surface area contributed by atoms with Gasteiger partial charge in [0, 0.05) is 47.6 Å². The molecule has 0 aliphatic heterocycles. The van der Waals surface area contributed by atoms with Crippen molar-refractivity contribution < 1.29 is 11.0 Å². The molecule has 0 spiro atoms. The molecule has 0 N–H and O–H groups in total. The second kappa shape index (κ2) is 13.3. The van der Waals surface area contributed by atoms with E-state index in [0.717, 1.165) is 59.0 Å². The highest BCUT2D eigenvalue weighted by molar-refractivity contribution is 7.26. The zero-order valence-corrected chi connectivity index (χ0v) is 30.4. The summed E-state index contributed by atoms with van der Waals surface area (Å²) in [4.78, 5) is 15.3. The number of thiophene rings is 1. The highest BCUT2D eigenvalue weighted by Gasteiger charge is 2.19. The molecule has 0 unspecified atom stereocenters. The Balaban J connectivity index is 1.07. The molecule has 0 bridgehead atoms. The van der Waals surface area contributed by atoms with Crippen molar-refractivity contribution in [2.24, 2.45) is 0 Å². The lowest BCUT2D eigenvalue weighted by molar-refractivity contribution is 1.06. The summed E-state index contributed by atoms with van der Waals surface area (Å²) < 4.78 is 71.7. The van der Waals surface area contributed by atoms with Crippen LogP contribution in [0.5, 0.6) is 0 Å². The van der Waals surface area contributed by atoms with E-state index in [1.807, 2.05) is 126 Å². The van der Waals surface area contributed by atoms with E-state index >= 15 is 0 Å². The molecule has 0 amide bonds. The van der Waals surface area contributed by atoms with Crippen molar-refractivity contribution in [1.29, 1.82) is 0 Å². The van der Waals surface area contributed by atoms with E-state index in [9.17, 15) is 0 Å². The third kappa shape index (κ3) is 5.40. The third-order valence-electron chi connectivity index (χ3n) is 10.2. The molecule has 0 radical (unpaired) electrons. The van der Waals surface area contributed by atoms with Gasteiger partial charge in [0.1, 0.15) is 0 Å². The van der Waals surface area contributed by atoms with Crippen LogP contribution < -0.4 is 0 Å². The maximum absolute atomic E-state index is 8.89. The van der Waals surface area contributed by atoms with E-state index in [0.29, 0.717) is 39.5 Å². The predicted octanol–water partition coefficient (Wildman–Crippen LogP) is 13.7. The van der Waals surface area contributed by atoms with Crippen LogP contribution >= 0.6 is 11.3 Å². The highest BCUT2D eigenvalue weighted by atomic mass is 32.1. The van der Waals surface area contributed by atoms with E-state index < -0.39 is 6.04 Å². The summed E-state index contributed by atoms with van der Waals surface area (Å²) in [5.41, 5.74) is 7.20. The van der Waals surface area contributed by atoms with Crippen molar-refractivity contribution in [3.05, 3.63) is 194 Å². The monoisotopic (exact) mass is 740 g/mol. The van der Waals surface area contributed by atoms with Gasteiger partial charge in [-0.15, -0.1) is 11.3 Å². The Morgan fingerprint density at radius 2 is 1.09 bits per heavy atom. The summed E-state index contributed by atoms with van der Waals surface area (Å²) in [7, 11) is 0. The number of nitrogens with zero attached hydrogens (tertiary/aromatic N) is 4. The van der Waals surface area contributed by atoms with Crippen LogP contribution in [0, 0.1) is 0 Å². The fraction of sp³-hybridized carbons (Fsp3) is 0. The highest BCUT2D eigenvalue weighted by Crippen LogP contribution is 2.42. The topological polar surface area (TPSA) is 43.6 Å². The van der Waals surface area contributed by atoms with Crippen molar-refractivity contribution in [2.75, 3.05) is 0 Å². The van der Waals surface area contributed by atoms with Gasteiger partial charge in [0.05, 0.1) is 27.7 Å². The maximum atomic E-state index is 8.89. The third-order valence-corrected chi connectivity index (χ3v) is 11.4. The minimum atomic E-state index is -0.418. The van der Waals surface area contributed by atoms with Crippen molar-refractivity contribution in [1.82, 2.24) is 19.5 Å². The average Bonchev–Trinajstić information content (AvgIpc) is 3.87. The second-order valence-electron chi connectivity index (χ2n) is 13.4. The molecule has 56 heavy (non-hydrogen) atoms. The molecule has 0 aliphatic carbocycles. The molecule has 0 atom stereocenters. The molecule has 3 aromatic heterocycles.